The van der Waals surface area contributed by atoms with Gasteiger partial charge in [-0.3, -0.25) is 0 Å². The fraction of sp³-hybridized carbons (Fsp3) is 0.600. The lowest BCUT2D eigenvalue weighted by Gasteiger charge is -1.88. The average Bonchev–Trinajstić information content (AvgIpc) is 2.31. The van der Waals surface area contributed by atoms with E-state index in [-0.39, 0.29) is 0 Å². The van der Waals surface area contributed by atoms with Crippen molar-refractivity contribution in [1.82, 2.24) is 9.36 Å². The highest BCUT2D eigenvalue weighted by Gasteiger charge is 1.98. The van der Waals surface area contributed by atoms with Crippen molar-refractivity contribution in [3.05, 3.63) is 8.84 Å². The van der Waals surface area contributed by atoms with Crippen LogP contribution in [-0.4, -0.2) is 15.1 Å². The van der Waals surface area contributed by atoms with Gasteiger partial charge < -0.3 is 0 Å². The summed E-state index contributed by atoms with van der Waals surface area (Å²) in [5.41, 5.74) is 0. The van der Waals surface area contributed by atoms with Crippen LogP contribution in [-0.2, 0) is 5.75 Å². The van der Waals surface area contributed by atoms with Gasteiger partial charge in [0.2, 0.25) is 0 Å². The molecule has 0 aliphatic rings. The van der Waals surface area contributed by atoms with Crippen LogP contribution in [0.2, 0.25) is 0 Å². The molecule has 0 aliphatic carbocycles. The Morgan fingerprint density at radius 2 is 2.50 bits per heavy atom. The molecule has 1 aromatic rings. The fourth-order valence-electron chi connectivity index (χ4n) is 0.485. The second kappa shape index (κ2) is 4.50. The zero-order chi connectivity index (χ0) is 7.40. The Kier molecular flexibility index (Phi) is 3.93. The average molecular weight is 286 g/mol. The third kappa shape index (κ3) is 2.71. The number of hydrogen-bond donors (Lipinski definition) is 0. The summed E-state index contributed by atoms with van der Waals surface area (Å²) >= 11 is 5.51. The minimum absolute atomic E-state index is 0.954. The van der Waals surface area contributed by atoms with E-state index in [0.717, 1.165) is 20.3 Å². The van der Waals surface area contributed by atoms with Gasteiger partial charge in [-0.25, -0.2) is 4.98 Å². The van der Waals surface area contributed by atoms with Crippen molar-refractivity contribution in [2.45, 2.75) is 12.7 Å². The summed E-state index contributed by atoms with van der Waals surface area (Å²) < 4.78 is 5.19. The quantitative estimate of drug-likeness (QED) is 0.798. The topological polar surface area (TPSA) is 25.8 Å². The molecular weight excluding hydrogens is 279 g/mol. The van der Waals surface area contributed by atoms with E-state index in [1.165, 1.54) is 11.5 Å². The third-order valence-corrected chi connectivity index (χ3v) is 3.13. The number of nitrogens with zero attached hydrogens (tertiary/aromatic N) is 2. The van der Waals surface area contributed by atoms with Crippen molar-refractivity contribution in [3.8, 4) is 0 Å². The third-order valence-electron chi connectivity index (χ3n) is 0.879. The highest BCUT2D eigenvalue weighted by atomic mass is 127. The van der Waals surface area contributed by atoms with E-state index < -0.39 is 0 Å². The predicted molar refractivity (Wildman–Crippen MR) is 54.5 cm³/mol. The van der Waals surface area contributed by atoms with Crippen LogP contribution >= 0.6 is 45.9 Å². The van der Waals surface area contributed by atoms with Gasteiger partial charge in [-0.05, 0) is 39.9 Å². The highest BCUT2D eigenvalue weighted by molar-refractivity contribution is 14.1. The van der Waals surface area contributed by atoms with Gasteiger partial charge in [0.05, 0.1) is 5.75 Å². The molecule has 0 amide bonds. The molecule has 0 saturated carbocycles. The highest BCUT2D eigenvalue weighted by Crippen LogP contribution is 2.12. The van der Waals surface area contributed by atoms with Crippen LogP contribution in [0.4, 0.5) is 0 Å². The molecule has 10 heavy (non-hydrogen) atoms. The van der Waals surface area contributed by atoms with E-state index in [4.69, 9.17) is 0 Å². The van der Waals surface area contributed by atoms with Gasteiger partial charge in [-0.2, -0.15) is 16.1 Å². The summed E-state index contributed by atoms with van der Waals surface area (Å²) in [6.07, 6.45) is 0. The first kappa shape index (κ1) is 8.73. The molecule has 1 rings (SSSR count). The molecule has 0 aromatic carbocycles. The molecule has 56 valence electrons. The summed E-state index contributed by atoms with van der Waals surface area (Å²) in [7, 11) is 0. The van der Waals surface area contributed by atoms with Crippen LogP contribution < -0.4 is 0 Å². The van der Waals surface area contributed by atoms with E-state index in [9.17, 15) is 0 Å². The van der Waals surface area contributed by atoms with Crippen LogP contribution in [0.1, 0.15) is 12.7 Å². The first-order valence-electron chi connectivity index (χ1n) is 2.88. The molecule has 5 heteroatoms. The SMILES string of the molecule is CCSCc1nsc(I)n1. The standard InChI is InChI=1S/C5H7IN2S2/c1-2-9-3-4-7-5(6)10-8-4/h2-3H2,1H3. The lowest BCUT2D eigenvalue weighted by Crippen LogP contribution is -1.83. The molecule has 0 aliphatic heterocycles. The smallest absolute Gasteiger partial charge is 0.174 e. The van der Waals surface area contributed by atoms with Crippen molar-refractivity contribution in [3.63, 3.8) is 0 Å². The van der Waals surface area contributed by atoms with E-state index in [2.05, 4.69) is 38.9 Å². The molecule has 0 bridgehead atoms. The van der Waals surface area contributed by atoms with Crippen molar-refractivity contribution in [2.24, 2.45) is 0 Å². The molecule has 0 saturated heterocycles. The van der Waals surface area contributed by atoms with Crippen LogP contribution in [0.3, 0.4) is 0 Å². The molecule has 0 radical (unpaired) electrons. The number of halogens is 1. The molecule has 0 fully saturated rings. The molecule has 2 nitrogen and oxygen atoms in total. The van der Waals surface area contributed by atoms with Gasteiger partial charge in [-0.15, -0.1) is 0 Å². The lowest BCUT2D eigenvalue weighted by molar-refractivity contribution is 1.12. The Bertz CT molecular complexity index is 201. The molecule has 0 spiro atoms. The first-order chi connectivity index (χ1) is 4.83. The molecular formula is C5H7IN2S2. The number of rotatable bonds is 3. The summed E-state index contributed by atoms with van der Waals surface area (Å²) in [5, 5.41) is 0. The lowest BCUT2D eigenvalue weighted by atomic mass is 10.7. The fourth-order valence-corrected chi connectivity index (χ4v) is 2.09. The summed E-state index contributed by atoms with van der Waals surface area (Å²) in [6, 6.07) is 0. The maximum Gasteiger partial charge on any atom is 0.174 e. The minimum Gasteiger partial charge on any atom is -0.213 e. The van der Waals surface area contributed by atoms with Gasteiger partial charge in [0.1, 0.15) is 0 Å². The van der Waals surface area contributed by atoms with Crippen LogP contribution in [0.5, 0.6) is 0 Å². The first-order valence-corrected chi connectivity index (χ1v) is 5.89. The Morgan fingerprint density at radius 1 is 1.70 bits per heavy atom. The number of aromatic nitrogens is 2. The second-order valence-corrected chi connectivity index (χ2v) is 5.38. The van der Waals surface area contributed by atoms with E-state index in [1.807, 2.05) is 11.8 Å². The summed E-state index contributed by atoms with van der Waals surface area (Å²) in [5.74, 6) is 3.06. The normalized spacial score (nSPS) is 10.2. The van der Waals surface area contributed by atoms with Gasteiger partial charge in [-0.1, -0.05) is 6.92 Å². The molecule has 0 unspecified atom stereocenters. The van der Waals surface area contributed by atoms with Crippen molar-refractivity contribution < 1.29 is 0 Å². The van der Waals surface area contributed by atoms with E-state index in [1.54, 1.807) is 0 Å². The minimum atomic E-state index is 0.954. The summed E-state index contributed by atoms with van der Waals surface area (Å²) in [4.78, 5) is 4.22. The zero-order valence-corrected chi connectivity index (χ0v) is 9.29. The number of thioether (sulfide) groups is 1. The zero-order valence-electron chi connectivity index (χ0n) is 5.50. The maximum absolute atomic E-state index is 4.22. The van der Waals surface area contributed by atoms with Gasteiger partial charge in [0.15, 0.2) is 8.84 Å². The molecule has 0 N–H and O–H groups in total. The Hall–Kier alpha value is 0.640. The van der Waals surface area contributed by atoms with Gasteiger partial charge in [0, 0.05) is 0 Å². The van der Waals surface area contributed by atoms with Crippen molar-refractivity contribution >= 4 is 45.9 Å². The van der Waals surface area contributed by atoms with E-state index >= 15 is 0 Å². The Balaban J connectivity index is 2.42. The predicted octanol–water partition coefficient (Wildman–Crippen LogP) is 2.40. The monoisotopic (exact) mass is 286 g/mol. The van der Waals surface area contributed by atoms with Gasteiger partial charge in [0.25, 0.3) is 0 Å². The van der Waals surface area contributed by atoms with Crippen LogP contribution in [0, 0.1) is 3.01 Å². The summed E-state index contributed by atoms with van der Waals surface area (Å²) in [6.45, 7) is 2.14. The Labute approximate surface area is 82.1 Å². The molecule has 1 heterocycles. The van der Waals surface area contributed by atoms with Crippen molar-refractivity contribution in [1.29, 1.82) is 0 Å². The molecule has 1 aromatic heterocycles. The van der Waals surface area contributed by atoms with Gasteiger partial charge >= 0.3 is 0 Å². The second-order valence-electron chi connectivity index (χ2n) is 1.60. The van der Waals surface area contributed by atoms with E-state index in [0.29, 0.717) is 0 Å². The number of hydrogen-bond acceptors (Lipinski definition) is 4. The molecule has 0 atom stereocenters. The van der Waals surface area contributed by atoms with Crippen LogP contribution in [0.25, 0.3) is 0 Å². The van der Waals surface area contributed by atoms with Crippen molar-refractivity contribution in [2.75, 3.05) is 5.75 Å². The Morgan fingerprint density at radius 3 is 3.00 bits per heavy atom. The maximum atomic E-state index is 4.22. The van der Waals surface area contributed by atoms with Crippen LogP contribution in [0.15, 0.2) is 0 Å². The largest absolute Gasteiger partial charge is 0.213 e.